The van der Waals surface area contributed by atoms with Crippen molar-refractivity contribution < 1.29 is 28.5 Å². The fourth-order valence-corrected chi connectivity index (χ4v) is 4.71. The van der Waals surface area contributed by atoms with Crippen molar-refractivity contribution in [1.82, 2.24) is 0 Å². The molecular formula is C28H42LiO6P. The zero-order valence-electron chi connectivity index (χ0n) is 21.9. The first-order chi connectivity index (χ1) is 17.1. The maximum atomic E-state index is 13.4. The number of carbonyl (C=O) groups excluding carboxylic acids is 1. The number of benzene rings is 2. The number of unbranched alkanes of at least 4 members (excludes halogenated alkanes) is 6. The van der Waals surface area contributed by atoms with Gasteiger partial charge in [-0.1, -0.05) is 52.4 Å². The summed E-state index contributed by atoms with van der Waals surface area (Å²) >= 11 is 0. The summed E-state index contributed by atoms with van der Waals surface area (Å²) < 4.78 is 28.4. The van der Waals surface area contributed by atoms with Crippen LogP contribution in [0.1, 0.15) is 75.6 Å². The Kier molecular flexibility index (Phi) is 16.4. The van der Waals surface area contributed by atoms with E-state index in [4.69, 9.17) is 23.7 Å². The fraction of sp³-hybridized carbons (Fsp3) is 0.536. The number of methoxy groups -OCH3 is 3. The zero-order valence-corrected chi connectivity index (χ0v) is 22.9. The molecule has 1 unspecified atom stereocenters. The molecular weight excluding hydrogens is 470 g/mol. The van der Waals surface area contributed by atoms with Gasteiger partial charge in [0.1, 0.15) is 34.3 Å². The van der Waals surface area contributed by atoms with E-state index < -0.39 is 0 Å². The molecule has 0 aliphatic heterocycles. The molecule has 0 spiro atoms. The first-order valence-corrected chi connectivity index (χ1v) is 13.6. The van der Waals surface area contributed by atoms with Crippen LogP contribution in [0.4, 0.5) is 0 Å². The van der Waals surface area contributed by atoms with Crippen LogP contribution in [0.2, 0.25) is 0 Å². The van der Waals surface area contributed by atoms with Crippen LogP contribution in [0.25, 0.3) is 0 Å². The van der Waals surface area contributed by atoms with Gasteiger partial charge in [0.2, 0.25) is 0 Å². The molecule has 0 saturated carbocycles. The second-order valence-corrected chi connectivity index (χ2v) is 9.58. The van der Waals surface area contributed by atoms with Gasteiger partial charge < -0.3 is 23.7 Å². The maximum absolute atomic E-state index is 13.4. The van der Waals surface area contributed by atoms with E-state index in [-0.39, 0.29) is 33.0 Å². The van der Waals surface area contributed by atoms with Gasteiger partial charge in [0, 0.05) is 23.5 Å². The van der Waals surface area contributed by atoms with E-state index in [0.29, 0.717) is 41.8 Å². The van der Waals surface area contributed by atoms with Gasteiger partial charge in [-0.15, -0.1) is 0 Å². The monoisotopic (exact) mass is 512 g/mol. The number of hydrogen-bond acceptors (Lipinski definition) is 6. The molecule has 0 aliphatic rings. The van der Waals surface area contributed by atoms with Crippen LogP contribution in [0.15, 0.2) is 30.3 Å². The molecule has 0 amide bonds. The van der Waals surface area contributed by atoms with Crippen LogP contribution in [0, 0.1) is 0 Å². The van der Waals surface area contributed by atoms with E-state index in [2.05, 4.69) is 13.8 Å². The molecule has 0 radical (unpaired) electrons. The van der Waals surface area contributed by atoms with Crippen molar-refractivity contribution in [2.45, 2.75) is 65.2 Å². The molecule has 0 bridgehead atoms. The minimum atomic E-state index is -0.159. The standard InChI is InChI=1S/C28H41O6P.Li.H/c1-6-8-10-12-16-33-21-14-15-26(23(18-21)34-17-13-11-9-7-2)35-28(29)27-24(31-4)19-22(30-3)20-25(27)32-5;;/h14-15,18-20,35H,6-13,16-17H2,1-5H3;;. The van der Waals surface area contributed by atoms with Crippen LogP contribution in [-0.4, -0.2) is 58.9 Å². The number of rotatable bonds is 18. The average Bonchev–Trinajstić information content (AvgIpc) is 2.88. The average molecular weight is 513 g/mol. The fourth-order valence-electron chi connectivity index (χ4n) is 3.66. The Labute approximate surface area is 230 Å². The second kappa shape index (κ2) is 18.4. The first kappa shape index (κ1) is 32.2. The summed E-state index contributed by atoms with van der Waals surface area (Å²) in [5.41, 5.74) is 0.310. The van der Waals surface area contributed by atoms with E-state index in [9.17, 15) is 4.79 Å². The molecule has 2 aromatic carbocycles. The van der Waals surface area contributed by atoms with Crippen LogP contribution in [-0.2, 0) is 0 Å². The molecule has 36 heavy (non-hydrogen) atoms. The Bertz CT molecular complexity index is 896. The van der Waals surface area contributed by atoms with Gasteiger partial charge in [-0.05, 0) is 33.6 Å². The zero-order chi connectivity index (χ0) is 25.5. The van der Waals surface area contributed by atoms with Crippen LogP contribution < -0.4 is 29.0 Å². The van der Waals surface area contributed by atoms with Crippen molar-refractivity contribution in [2.75, 3.05) is 34.5 Å². The van der Waals surface area contributed by atoms with Gasteiger partial charge >= 0.3 is 18.9 Å². The van der Waals surface area contributed by atoms with Crippen molar-refractivity contribution in [2.24, 2.45) is 0 Å². The number of hydrogen-bond donors (Lipinski definition) is 0. The summed E-state index contributed by atoms with van der Waals surface area (Å²) in [6.07, 6.45) is 9.08. The molecule has 196 valence electrons. The Balaban J connectivity index is 0.00000648. The Morgan fingerprint density at radius 3 is 1.78 bits per heavy atom. The van der Waals surface area contributed by atoms with E-state index in [1.54, 1.807) is 19.2 Å². The molecule has 6 nitrogen and oxygen atoms in total. The SMILES string of the molecule is CCCCCCOc1ccc(PC(=O)c2c(OC)cc(OC)cc2OC)c(OCCCCCC)c1.[LiH]. The molecule has 0 saturated heterocycles. The van der Waals surface area contributed by atoms with E-state index in [1.807, 2.05) is 18.2 Å². The van der Waals surface area contributed by atoms with Crippen molar-refractivity contribution in [3.63, 3.8) is 0 Å². The van der Waals surface area contributed by atoms with E-state index >= 15 is 0 Å². The predicted molar refractivity (Wildman–Crippen MR) is 151 cm³/mol. The van der Waals surface area contributed by atoms with Gasteiger partial charge in [-0.3, -0.25) is 4.79 Å². The molecule has 0 heterocycles. The first-order valence-electron chi connectivity index (χ1n) is 12.6. The Morgan fingerprint density at radius 1 is 0.694 bits per heavy atom. The topological polar surface area (TPSA) is 63.2 Å². The minimum absolute atomic E-state index is 0. The molecule has 0 aromatic heterocycles. The molecule has 0 N–H and O–H groups in total. The summed E-state index contributed by atoms with van der Waals surface area (Å²) in [7, 11) is 4.47. The summed E-state index contributed by atoms with van der Waals surface area (Å²) in [4.78, 5) is 13.4. The van der Waals surface area contributed by atoms with Crippen molar-refractivity contribution in [3.05, 3.63) is 35.9 Å². The van der Waals surface area contributed by atoms with Gasteiger partial charge in [-0.25, -0.2) is 0 Å². The summed E-state index contributed by atoms with van der Waals surface area (Å²) in [6.45, 7) is 5.68. The van der Waals surface area contributed by atoms with Crippen molar-refractivity contribution >= 4 is 38.3 Å². The summed E-state index contributed by atoms with van der Waals surface area (Å²) in [5.74, 6) is 2.88. The van der Waals surface area contributed by atoms with Crippen LogP contribution in [0.5, 0.6) is 28.7 Å². The Morgan fingerprint density at radius 2 is 1.25 bits per heavy atom. The van der Waals surface area contributed by atoms with Gasteiger partial charge in [0.05, 0.1) is 34.5 Å². The second-order valence-electron chi connectivity index (χ2n) is 8.34. The number of carbonyl (C=O) groups is 1. The third kappa shape index (κ3) is 10.2. The third-order valence-electron chi connectivity index (χ3n) is 5.67. The van der Waals surface area contributed by atoms with E-state index in [1.165, 1.54) is 39.9 Å². The van der Waals surface area contributed by atoms with Gasteiger partial charge in [0.25, 0.3) is 0 Å². The molecule has 2 rings (SSSR count). The quantitative estimate of drug-likeness (QED) is 0.136. The molecule has 2 aromatic rings. The van der Waals surface area contributed by atoms with Gasteiger partial charge in [-0.2, -0.15) is 0 Å². The van der Waals surface area contributed by atoms with Crippen molar-refractivity contribution in [1.29, 1.82) is 0 Å². The van der Waals surface area contributed by atoms with Crippen molar-refractivity contribution in [3.8, 4) is 28.7 Å². The molecule has 0 aliphatic carbocycles. The molecule has 8 heteroatoms. The van der Waals surface area contributed by atoms with Crippen LogP contribution in [0.3, 0.4) is 0 Å². The predicted octanol–water partition coefficient (Wildman–Crippen LogP) is 6.13. The van der Waals surface area contributed by atoms with Crippen LogP contribution >= 0.6 is 8.58 Å². The van der Waals surface area contributed by atoms with E-state index in [0.717, 1.165) is 36.7 Å². The molecule has 0 fully saturated rings. The third-order valence-corrected chi connectivity index (χ3v) is 6.82. The number of ether oxygens (including phenoxy) is 5. The summed E-state index contributed by atoms with van der Waals surface area (Å²) in [6, 6.07) is 9.16. The molecule has 1 atom stereocenters. The van der Waals surface area contributed by atoms with Gasteiger partial charge in [0.15, 0.2) is 5.52 Å². The normalized spacial score (nSPS) is 10.7. The summed E-state index contributed by atoms with van der Waals surface area (Å²) in [5, 5.41) is 0.837. The Hall–Kier alpha value is -1.86.